The van der Waals surface area contributed by atoms with Crippen LogP contribution >= 0.6 is 0 Å². The third-order valence-electron chi connectivity index (χ3n) is 5.49. The van der Waals surface area contributed by atoms with Crippen LogP contribution < -0.4 is 20.3 Å². The molecule has 2 aliphatic rings. The van der Waals surface area contributed by atoms with Crippen molar-refractivity contribution in [3.8, 4) is 5.75 Å². The maximum absolute atomic E-state index is 12.9. The number of hydrogen-bond acceptors (Lipinski definition) is 4. The number of carboxylic acids is 1. The van der Waals surface area contributed by atoms with Crippen molar-refractivity contribution in [1.82, 2.24) is 10.6 Å². The minimum Gasteiger partial charge on any atom is -0.495 e. The molecule has 8 heteroatoms. The summed E-state index contributed by atoms with van der Waals surface area (Å²) < 4.78 is 5.33. The third kappa shape index (κ3) is 3.70. The van der Waals surface area contributed by atoms with Gasteiger partial charge in [-0.3, -0.25) is 14.5 Å². The van der Waals surface area contributed by atoms with Crippen LogP contribution in [0.2, 0.25) is 0 Å². The molecule has 2 unspecified atom stereocenters. The molecule has 0 bridgehead atoms. The average Bonchev–Trinajstić information content (AvgIpc) is 3.06. The van der Waals surface area contributed by atoms with Crippen molar-refractivity contribution in [3.63, 3.8) is 0 Å². The van der Waals surface area contributed by atoms with E-state index in [1.165, 1.54) is 12.0 Å². The van der Waals surface area contributed by atoms with Gasteiger partial charge in [-0.05, 0) is 38.0 Å². The average molecular weight is 375 g/mol. The summed E-state index contributed by atoms with van der Waals surface area (Å²) >= 11 is 0. The van der Waals surface area contributed by atoms with Gasteiger partial charge in [0.05, 0.1) is 24.3 Å². The highest BCUT2D eigenvalue weighted by atomic mass is 16.5. The number of carbonyl (C=O) groups excluding carboxylic acids is 2. The molecule has 0 spiro atoms. The van der Waals surface area contributed by atoms with Gasteiger partial charge in [0.1, 0.15) is 5.75 Å². The van der Waals surface area contributed by atoms with E-state index in [0.717, 1.165) is 12.8 Å². The summed E-state index contributed by atoms with van der Waals surface area (Å²) in [6, 6.07) is 4.64. The lowest BCUT2D eigenvalue weighted by molar-refractivity contribution is -0.145. The van der Waals surface area contributed by atoms with E-state index in [4.69, 9.17) is 4.74 Å². The Labute approximate surface area is 157 Å². The summed E-state index contributed by atoms with van der Waals surface area (Å²) in [7, 11) is 1.51. The molecule has 1 heterocycles. The number of benzene rings is 1. The summed E-state index contributed by atoms with van der Waals surface area (Å²) in [5.41, 5.74) is 0.0805. The molecule has 0 aromatic heterocycles. The van der Waals surface area contributed by atoms with Crippen molar-refractivity contribution in [2.24, 2.45) is 5.92 Å². The van der Waals surface area contributed by atoms with Gasteiger partial charge in [0.15, 0.2) is 0 Å². The lowest BCUT2D eigenvalue weighted by Crippen LogP contribution is -2.55. The van der Waals surface area contributed by atoms with Crippen molar-refractivity contribution in [3.05, 3.63) is 23.8 Å². The quantitative estimate of drug-likeness (QED) is 0.729. The first-order valence-corrected chi connectivity index (χ1v) is 9.14. The van der Waals surface area contributed by atoms with Gasteiger partial charge in [-0.2, -0.15) is 0 Å². The normalized spacial score (nSPS) is 25.0. The zero-order valence-corrected chi connectivity index (χ0v) is 15.6. The van der Waals surface area contributed by atoms with Crippen LogP contribution in [0, 0.1) is 5.92 Å². The molecule has 146 valence electrons. The monoisotopic (exact) mass is 375 g/mol. The molecule has 1 aromatic carbocycles. The van der Waals surface area contributed by atoms with Gasteiger partial charge in [0.25, 0.3) is 5.91 Å². The molecule has 2 fully saturated rings. The Bertz CT molecular complexity index is 766. The molecule has 1 aliphatic carbocycles. The highest BCUT2D eigenvalue weighted by Crippen LogP contribution is 2.35. The highest BCUT2D eigenvalue weighted by molar-refractivity contribution is 6.00. The molecule has 3 amide bonds. The Kier molecular flexibility index (Phi) is 5.25. The Morgan fingerprint density at radius 3 is 2.78 bits per heavy atom. The van der Waals surface area contributed by atoms with Crippen LogP contribution in [0.15, 0.2) is 18.2 Å². The number of amides is 3. The predicted octanol–water partition coefficient (Wildman–Crippen LogP) is 1.99. The summed E-state index contributed by atoms with van der Waals surface area (Å²) in [5.74, 6) is -1.36. The van der Waals surface area contributed by atoms with E-state index in [1.807, 2.05) is 0 Å². The maximum atomic E-state index is 12.9. The van der Waals surface area contributed by atoms with Gasteiger partial charge in [-0.1, -0.05) is 12.8 Å². The number of methoxy groups -OCH3 is 1. The zero-order valence-electron chi connectivity index (χ0n) is 15.6. The number of ether oxygens (including phenoxy) is 1. The van der Waals surface area contributed by atoms with Crippen molar-refractivity contribution >= 4 is 23.6 Å². The molecule has 1 saturated carbocycles. The summed E-state index contributed by atoms with van der Waals surface area (Å²) in [6.07, 6.45) is 2.89. The second kappa shape index (κ2) is 7.46. The number of carbonyl (C=O) groups is 3. The smallest absolute Gasteiger partial charge is 0.322 e. The Balaban J connectivity index is 1.86. The lowest BCUT2D eigenvalue weighted by Gasteiger charge is -2.39. The minimum atomic E-state index is -0.887. The Morgan fingerprint density at radius 1 is 1.37 bits per heavy atom. The van der Waals surface area contributed by atoms with Gasteiger partial charge in [0.2, 0.25) is 0 Å². The first-order chi connectivity index (χ1) is 12.9. The summed E-state index contributed by atoms with van der Waals surface area (Å²) in [6.45, 7) is 2.80. The van der Waals surface area contributed by atoms with E-state index in [0.29, 0.717) is 42.9 Å². The molecular formula is C19H25N3O5. The maximum Gasteiger partial charge on any atom is 0.322 e. The van der Waals surface area contributed by atoms with E-state index < -0.39 is 17.4 Å². The number of hydrogen-bond donors (Lipinski definition) is 3. The van der Waals surface area contributed by atoms with Crippen LogP contribution in [0.1, 0.15) is 43.0 Å². The molecule has 3 N–H and O–H groups in total. The molecule has 1 aliphatic heterocycles. The highest BCUT2D eigenvalue weighted by Gasteiger charge is 2.42. The van der Waals surface area contributed by atoms with Gasteiger partial charge in [-0.25, -0.2) is 4.79 Å². The third-order valence-corrected chi connectivity index (χ3v) is 5.49. The van der Waals surface area contributed by atoms with Gasteiger partial charge in [-0.15, -0.1) is 0 Å². The second-order valence-corrected chi connectivity index (χ2v) is 7.28. The molecule has 0 radical (unpaired) electrons. The Morgan fingerprint density at radius 2 is 2.15 bits per heavy atom. The van der Waals surface area contributed by atoms with Crippen molar-refractivity contribution < 1.29 is 24.2 Å². The van der Waals surface area contributed by atoms with Crippen LogP contribution in [-0.4, -0.2) is 48.8 Å². The van der Waals surface area contributed by atoms with E-state index in [2.05, 4.69) is 10.6 Å². The molecule has 2 atom stereocenters. The van der Waals surface area contributed by atoms with Gasteiger partial charge in [0, 0.05) is 18.7 Å². The summed E-state index contributed by atoms with van der Waals surface area (Å²) in [5, 5.41) is 15.2. The standard InChI is InChI=1S/C19H25N3O5/c1-19(8-4-3-5-13(19)17(24)25)21-16(23)12-6-7-15(27-2)14(11-12)22-10-9-20-18(22)26/h6-7,11,13H,3-5,8-10H2,1-2H3,(H,20,26)(H,21,23)(H,24,25). The van der Waals surface area contributed by atoms with Crippen molar-refractivity contribution in [1.29, 1.82) is 0 Å². The van der Waals surface area contributed by atoms with Crippen LogP contribution in [0.25, 0.3) is 0 Å². The molecule has 1 aromatic rings. The number of anilines is 1. The predicted molar refractivity (Wildman–Crippen MR) is 99.2 cm³/mol. The van der Waals surface area contributed by atoms with Gasteiger partial charge < -0.3 is 20.5 Å². The molecule has 1 saturated heterocycles. The van der Waals surface area contributed by atoms with E-state index in [-0.39, 0.29) is 11.9 Å². The first kappa shape index (κ1) is 19.0. The fourth-order valence-electron chi connectivity index (χ4n) is 3.95. The number of nitrogens with one attached hydrogen (secondary N) is 2. The SMILES string of the molecule is COc1ccc(C(=O)NC2(C)CCCCC2C(=O)O)cc1N1CCNC1=O. The van der Waals surface area contributed by atoms with Crippen molar-refractivity contribution in [2.45, 2.75) is 38.1 Å². The van der Waals surface area contributed by atoms with E-state index >= 15 is 0 Å². The van der Waals surface area contributed by atoms with E-state index in [9.17, 15) is 19.5 Å². The number of carboxylic acid groups (broad SMARTS) is 1. The second-order valence-electron chi connectivity index (χ2n) is 7.28. The molecule has 27 heavy (non-hydrogen) atoms. The zero-order chi connectivity index (χ0) is 19.6. The van der Waals surface area contributed by atoms with Crippen molar-refractivity contribution in [2.75, 3.05) is 25.1 Å². The topological polar surface area (TPSA) is 108 Å². The van der Waals surface area contributed by atoms with Crippen LogP contribution in [0.4, 0.5) is 10.5 Å². The largest absolute Gasteiger partial charge is 0.495 e. The lowest BCUT2D eigenvalue weighted by atomic mass is 9.73. The number of rotatable bonds is 5. The first-order valence-electron chi connectivity index (χ1n) is 9.14. The molecule has 3 rings (SSSR count). The van der Waals surface area contributed by atoms with Crippen LogP contribution in [-0.2, 0) is 4.79 Å². The molecule has 8 nitrogen and oxygen atoms in total. The number of urea groups is 1. The number of aliphatic carboxylic acids is 1. The number of nitrogens with zero attached hydrogens (tertiary/aromatic N) is 1. The summed E-state index contributed by atoms with van der Waals surface area (Å²) in [4.78, 5) is 38.0. The minimum absolute atomic E-state index is 0.240. The van der Waals surface area contributed by atoms with Crippen LogP contribution in [0.3, 0.4) is 0 Å². The fourth-order valence-corrected chi connectivity index (χ4v) is 3.95. The molecular weight excluding hydrogens is 350 g/mol. The van der Waals surface area contributed by atoms with Crippen LogP contribution in [0.5, 0.6) is 5.75 Å². The van der Waals surface area contributed by atoms with E-state index in [1.54, 1.807) is 25.1 Å². The fraction of sp³-hybridized carbons (Fsp3) is 0.526. The Hall–Kier alpha value is -2.77. The van der Waals surface area contributed by atoms with Gasteiger partial charge >= 0.3 is 12.0 Å².